The number of carboxylic acid groups (broad SMARTS) is 1. The lowest BCUT2D eigenvalue weighted by molar-refractivity contribution is -0.384. The van der Waals surface area contributed by atoms with Gasteiger partial charge in [-0.1, -0.05) is 0 Å². The monoisotopic (exact) mass is 347 g/mol. The zero-order valence-electron chi connectivity index (χ0n) is 11.3. The average molecular weight is 347 g/mol. The predicted molar refractivity (Wildman–Crippen MR) is 83.6 cm³/mol. The van der Waals surface area contributed by atoms with E-state index in [0.29, 0.717) is 5.69 Å². The van der Waals surface area contributed by atoms with E-state index in [2.05, 4.69) is 10.6 Å². The van der Waals surface area contributed by atoms with Crippen molar-refractivity contribution in [1.29, 1.82) is 0 Å². The van der Waals surface area contributed by atoms with E-state index >= 15 is 0 Å². The first-order valence-corrected chi connectivity index (χ1v) is 8.28. The molecule has 1 unspecified atom stereocenters. The summed E-state index contributed by atoms with van der Waals surface area (Å²) in [7, 11) is -3.51. The van der Waals surface area contributed by atoms with Crippen molar-refractivity contribution in [2.24, 2.45) is 0 Å². The van der Waals surface area contributed by atoms with E-state index in [0.717, 1.165) is 6.26 Å². The van der Waals surface area contributed by atoms with E-state index in [9.17, 15) is 23.3 Å². The largest absolute Gasteiger partial charge is 0.480 e. The van der Waals surface area contributed by atoms with Crippen molar-refractivity contribution in [2.75, 3.05) is 17.3 Å². The van der Waals surface area contributed by atoms with Crippen LogP contribution in [0.5, 0.6) is 0 Å². The molecule has 1 rings (SSSR count). The third-order valence-corrected chi connectivity index (χ3v) is 3.57. The Kier molecular flexibility index (Phi) is 5.77. The summed E-state index contributed by atoms with van der Waals surface area (Å²) in [6.45, 7) is 0. The number of rotatable bonds is 6. The number of anilines is 1. The molecule has 0 saturated carbocycles. The molecule has 0 aliphatic carbocycles. The van der Waals surface area contributed by atoms with Crippen LogP contribution in [-0.4, -0.2) is 47.6 Å². The lowest BCUT2D eigenvalue weighted by Crippen LogP contribution is -2.46. The molecule has 22 heavy (non-hydrogen) atoms. The summed E-state index contributed by atoms with van der Waals surface area (Å²) in [6, 6.07) is 3.87. The third kappa shape index (κ3) is 6.01. The highest BCUT2D eigenvalue weighted by molar-refractivity contribution is 7.90. The van der Waals surface area contributed by atoms with Gasteiger partial charge in [0.05, 0.1) is 10.7 Å². The van der Waals surface area contributed by atoms with Gasteiger partial charge in [0.2, 0.25) is 0 Å². The minimum atomic E-state index is -3.51. The lowest BCUT2D eigenvalue weighted by atomic mass is 10.3. The van der Waals surface area contributed by atoms with E-state index in [1.807, 2.05) is 0 Å². The van der Waals surface area contributed by atoms with Gasteiger partial charge in [0.15, 0.2) is 5.11 Å². The summed E-state index contributed by atoms with van der Waals surface area (Å²) in [5.74, 6) is -1.98. The first kappa shape index (κ1) is 17.8. The van der Waals surface area contributed by atoms with Gasteiger partial charge < -0.3 is 15.7 Å². The number of carbonyl (C=O) groups is 1. The molecule has 1 aromatic carbocycles. The van der Waals surface area contributed by atoms with Crippen LogP contribution in [0.2, 0.25) is 0 Å². The first-order chi connectivity index (χ1) is 10.1. The number of sulfone groups is 1. The molecule has 1 aromatic rings. The number of hydrogen-bond donors (Lipinski definition) is 3. The Bertz CT molecular complexity index is 686. The second kappa shape index (κ2) is 7.13. The molecule has 0 aromatic heterocycles. The van der Waals surface area contributed by atoms with Crippen LogP contribution in [0, 0.1) is 10.1 Å². The molecule has 0 bridgehead atoms. The van der Waals surface area contributed by atoms with Crippen LogP contribution in [0.3, 0.4) is 0 Å². The van der Waals surface area contributed by atoms with Crippen LogP contribution >= 0.6 is 12.2 Å². The number of carboxylic acids is 1. The molecule has 0 radical (unpaired) electrons. The van der Waals surface area contributed by atoms with Gasteiger partial charge in [0, 0.05) is 24.1 Å². The van der Waals surface area contributed by atoms with E-state index in [1.165, 1.54) is 24.3 Å². The van der Waals surface area contributed by atoms with Gasteiger partial charge in [-0.25, -0.2) is 13.2 Å². The highest BCUT2D eigenvalue weighted by Crippen LogP contribution is 2.15. The molecule has 0 amide bonds. The average Bonchev–Trinajstić information content (AvgIpc) is 2.36. The molecule has 1 atom stereocenters. The van der Waals surface area contributed by atoms with E-state index in [4.69, 9.17) is 17.3 Å². The maximum absolute atomic E-state index is 11.2. The van der Waals surface area contributed by atoms with Crippen LogP contribution in [0.25, 0.3) is 0 Å². The van der Waals surface area contributed by atoms with Gasteiger partial charge in [-0.15, -0.1) is 0 Å². The summed E-state index contributed by atoms with van der Waals surface area (Å²) in [6.07, 6.45) is 0.914. The number of nitrogens with one attached hydrogen (secondary N) is 2. The van der Waals surface area contributed by atoms with Crippen LogP contribution in [0.1, 0.15) is 0 Å². The van der Waals surface area contributed by atoms with Crippen LogP contribution in [-0.2, 0) is 14.6 Å². The van der Waals surface area contributed by atoms with Crippen molar-refractivity contribution >= 4 is 44.5 Å². The maximum atomic E-state index is 11.2. The molecule has 11 heteroatoms. The molecular formula is C11H13N3O6S2. The predicted octanol–water partition coefficient (Wildman–Crippen LogP) is 0.379. The SMILES string of the molecule is CS(=O)(=O)CC(NC(=S)Nc1ccc([N+](=O)[O-])cc1)C(=O)O. The van der Waals surface area contributed by atoms with E-state index < -0.39 is 32.5 Å². The molecule has 0 heterocycles. The third-order valence-electron chi connectivity index (χ3n) is 2.41. The minimum absolute atomic E-state index is 0.107. The summed E-state index contributed by atoms with van der Waals surface area (Å²) < 4.78 is 22.3. The maximum Gasteiger partial charge on any atom is 0.327 e. The topological polar surface area (TPSA) is 139 Å². The summed E-state index contributed by atoms with van der Waals surface area (Å²) in [4.78, 5) is 20.9. The van der Waals surface area contributed by atoms with Crippen molar-refractivity contribution < 1.29 is 23.2 Å². The van der Waals surface area contributed by atoms with E-state index in [-0.39, 0.29) is 10.8 Å². The molecule has 9 nitrogen and oxygen atoms in total. The van der Waals surface area contributed by atoms with Crippen molar-refractivity contribution in [2.45, 2.75) is 6.04 Å². The molecule has 0 aliphatic heterocycles. The highest BCUT2D eigenvalue weighted by atomic mass is 32.2. The van der Waals surface area contributed by atoms with Gasteiger partial charge in [0.1, 0.15) is 15.9 Å². The number of nitro groups is 1. The quantitative estimate of drug-likeness (QED) is 0.378. The number of non-ortho nitro benzene ring substituents is 1. The standard InChI is InChI=1S/C11H13N3O6S2/c1-22(19,20)6-9(10(15)16)13-11(21)12-7-2-4-8(5-3-7)14(17)18/h2-5,9H,6H2,1H3,(H,15,16)(H2,12,13,21). The second-order valence-corrected chi connectivity index (χ2v) is 6.98. The number of benzene rings is 1. The zero-order valence-corrected chi connectivity index (χ0v) is 13.0. The molecule has 0 spiro atoms. The molecular weight excluding hydrogens is 334 g/mol. The number of hydrogen-bond acceptors (Lipinski definition) is 6. The van der Waals surface area contributed by atoms with Crippen molar-refractivity contribution in [1.82, 2.24) is 5.32 Å². The summed E-state index contributed by atoms with van der Waals surface area (Å²) in [5.41, 5.74) is 0.288. The van der Waals surface area contributed by atoms with Gasteiger partial charge in [-0.2, -0.15) is 0 Å². The fourth-order valence-electron chi connectivity index (χ4n) is 1.47. The van der Waals surface area contributed by atoms with Crippen LogP contribution < -0.4 is 10.6 Å². The molecule has 0 fully saturated rings. The fraction of sp³-hybridized carbons (Fsp3) is 0.273. The molecule has 0 aliphatic rings. The second-order valence-electron chi connectivity index (χ2n) is 4.39. The van der Waals surface area contributed by atoms with Crippen molar-refractivity contribution in [3.8, 4) is 0 Å². The van der Waals surface area contributed by atoms with Gasteiger partial charge in [0.25, 0.3) is 5.69 Å². The summed E-state index contributed by atoms with van der Waals surface area (Å²) >= 11 is 4.89. The van der Waals surface area contributed by atoms with Gasteiger partial charge >= 0.3 is 5.97 Å². The normalized spacial score (nSPS) is 12.2. The fourth-order valence-corrected chi connectivity index (χ4v) is 2.56. The van der Waals surface area contributed by atoms with E-state index in [1.54, 1.807) is 0 Å². The Labute approximate surface area is 131 Å². The highest BCUT2D eigenvalue weighted by Gasteiger charge is 2.23. The zero-order chi connectivity index (χ0) is 16.9. The number of aliphatic carboxylic acids is 1. The van der Waals surface area contributed by atoms with Gasteiger partial charge in [-0.3, -0.25) is 10.1 Å². The first-order valence-electron chi connectivity index (χ1n) is 5.81. The molecule has 0 saturated heterocycles. The Morgan fingerprint density at radius 2 is 1.95 bits per heavy atom. The number of nitro benzene ring substituents is 1. The molecule has 3 N–H and O–H groups in total. The summed E-state index contributed by atoms with van der Waals surface area (Å²) in [5, 5.41) is 24.4. The Hall–Kier alpha value is -2.27. The van der Waals surface area contributed by atoms with Crippen molar-refractivity contribution in [3.63, 3.8) is 0 Å². The van der Waals surface area contributed by atoms with Crippen LogP contribution in [0.15, 0.2) is 24.3 Å². The lowest BCUT2D eigenvalue weighted by Gasteiger charge is -2.16. The number of nitrogens with zero attached hydrogens (tertiary/aromatic N) is 1. The Morgan fingerprint density at radius 1 is 1.41 bits per heavy atom. The molecule has 120 valence electrons. The van der Waals surface area contributed by atoms with Crippen LogP contribution in [0.4, 0.5) is 11.4 Å². The Morgan fingerprint density at radius 3 is 2.36 bits per heavy atom. The minimum Gasteiger partial charge on any atom is -0.480 e. The Balaban J connectivity index is 2.71. The number of thiocarbonyl (C=S) groups is 1. The van der Waals surface area contributed by atoms with Gasteiger partial charge in [-0.05, 0) is 24.4 Å². The van der Waals surface area contributed by atoms with Crippen molar-refractivity contribution in [3.05, 3.63) is 34.4 Å². The smallest absolute Gasteiger partial charge is 0.327 e.